The number of allylic oxidation sites excluding steroid dienone is 1. The molecule has 2 atom stereocenters. The fraction of sp³-hybridized carbons (Fsp3) is 0.750. The zero-order valence-corrected chi connectivity index (χ0v) is 10.2. The molecular weight excluding hydrogens is 200 g/mol. The van der Waals surface area contributed by atoms with Gasteiger partial charge in [-0.2, -0.15) is 0 Å². The van der Waals surface area contributed by atoms with Crippen LogP contribution < -0.4 is 10.6 Å². The third-order valence-electron chi connectivity index (χ3n) is 3.30. The Kier molecular flexibility index (Phi) is 3.96. The van der Waals surface area contributed by atoms with E-state index in [1.165, 1.54) is 13.0 Å². The lowest BCUT2D eigenvalue weighted by atomic mass is 10.1. The molecule has 2 rings (SSSR count). The number of nitrogens with one attached hydrogen (secondary N) is 2. The van der Waals surface area contributed by atoms with Gasteiger partial charge in [-0.1, -0.05) is 6.08 Å². The van der Waals surface area contributed by atoms with Gasteiger partial charge in [0.25, 0.3) is 0 Å². The normalized spacial score (nSPS) is 32.0. The first-order valence-corrected chi connectivity index (χ1v) is 6.16. The first-order valence-electron chi connectivity index (χ1n) is 6.16. The van der Waals surface area contributed by atoms with E-state index in [-0.39, 0.29) is 0 Å². The molecule has 0 saturated carbocycles. The third kappa shape index (κ3) is 2.83. The molecule has 0 aromatic rings. The van der Waals surface area contributed by atoms with Crippen LogP contribution in [0.5, 0.6) is 0 Å². The van der Waals surface area contributed by atoms with E-state index in [4.69, 9.17) is 4.99 Å². The van der Waals surface area contributed by atoms with Crippen LogP contribution in [-0.2, 0) is 0 Å². The quantitative estimate of drug-likeness (QED) is 0.530. The molecule has 0 spiro atoms. The van der Waals surface area contributed by atoms with E-state index < -0.39 is 0 Å². The molecule has 0 radical (unpaired) electrons. The Hall–Kier alpha value is -0.870. The molecule has 16 heavy (non-hydrogen) atoms. The van der Waals surface area contributed by atoms with Crippen LogP contribution in [0.25, 0.3) is 0 Å². The molecule has 0 amide bonds. The fourth-order valence-corrected chi connectivity index (χ4v) is 2.54. The predicted octanol–water partition coefficient (Wildman–Crippen LogP) is 0.574. The van der Waals surface area contributed by atoms with E-state index in [2.05, 4.69) is 15.5 Å². The largest absolute Gasteiger partial charge is 0.351 e. The van der Waals surface area contributed by atoms with Crippen molar-refractivity contribution in [1.29, 1.82) is 0 Å². The molecule has 0 aromatic heterocycles. The van der Waals surface area contributed by atoms with Crippen molar-refractivity contribution in [3.8, 4) is 0 Å². The second-order valence-electron chi connectivity index (χ2n) is 4.60. The number of amidine groups is 1. The molecule has 2 aliphatic rings. The molecule has 4 heteroatoms. The van der Waals surface area contributed by atoms with Crippen molar-refractivity contribution in [3.05, 3.63) is 12.3 Å². The summed E-state index contributed by atoms with van der Waals surface area (Å²) < 4.78 is 0. The second-order valence-corrected chi connectivity index (χ2v) is 4.60. The Bertz CT molecular complexity index is 271. The van der Waals surface area contributed by atoms with Crippen molar-refractivity contribution < 1.29 is 0 Å². The molecule has 2 N–H and O–H groups in total. The summed E-state index contributed by atoms with van der Waals surface area (Å²) in [6, 6.07) is 1.18. The summed E-state index contributed by atoms with van der Waals surface area (Å²) in [5.41, 5.74) is 0. The van der Waals surface area contributed by atoms with Crippen LogP contribution in [0.1, 0.15) is 20.3 Å². The summed E-state index contributed by atoms with van der Waals surface area (Å²) in [5, 5.41) is 6.62. The zero-order valence-electron chi connectivity index (χ0n) is 10.2. The highest BCUT2D eigenvalue weighted by atomic mass is 15.3. The van der Waals surface area contributed by atoms with Crippen molar-refractivity contribution >= 4 is 5.84 Å². The maximum absolute atomic E-state index is 4.72. The molecule has 2 heterocycles. The van der Waals surface area contributed by atoms with Gasteiger partial charge in [-0.25, -0.2) is 0 Å². The van der Waals surface area contributed by atoms with Gasteiger partial charge in [0.2, 0.25) is 0 Å². The van der Waals surface area contributed by atoms with Gasteiger partial charge in [-0.15, -0.1) is 0 Å². The van der Waals surface area contributed by atoms with Gasteiger partial charge >= 0.3 is 0 Å². The molecule has 2 fully saturated rings. The Labute approximate surface area is 97.8 Å². The van der Waals surface area contributed by atoms with Crippen molar-refractivity contribution in [2.45, 2.75) is 32.4 Å². The Morgan fingerprint density at radius 3 is 3.19 bits per heavy atom. The summed E-state index contributed by atoms with van der Waals surface area (Å²) in [6.07, 6.45) is 5.12. The average Bonchev–Trinajstić information content (AvgIpc) is 2.68. The smallest absolute Gasteiger partial charge is 0.0974 e. The van der Waals surface area contributed by atoms with E-state index in [0.717, 1.165) is 25.5 Å². The summed E-state index contributed by atoms with van der Waals surface area (Å²) in [7, 11) is 0. The zero-order chi connectivity index (χ0) is 11.4. The molecule has 0 bridgehead atoms. The van der Waals surface area contributed by atoms with Crippen LogP contribution in [0.4, 0.5) is 0 Å². The lowest BCUT2D eigenvalue weighted by Crippen LogP contribution is -2.47. The third-order valence-corrected chi connectivity index (χ3v) is 3.30. The molecule has 90 valence electrons. The van der Waals surface area contributed by atoms with E-state index in [1.807, 2.05) is 26.1 Å². The van der Waals surface area contributed by atoms with Crippen LogP contribution in [0.2, 0.25) is 0 Å². The van der Waals surface area contributed by atoms with Gasteiger partial charge in [0.1, 0.15) is 0 Å². The second kappa shape index (κ2) is 5.46. The van der Waals surface area contributed by atoms with Crippen molar-refractivity contribution in [2.24, 2.45) is 4.99 Å². The monoisotopic (exact) mass is 222 g/mol. The molecule has 0 aliphatic carbocycles. The summed E-state index contributed by atoms with van der Waals surface area (Å²) in [5.74, 6) is 1.02. The Morgan fingerprint density at radius 2 is 2.44 bits per heavy atom. The number of piperazine rings is 1. The SMILES string of the molecule is C/C=C\NC(C)=NC1CC2CNCCN2C1. The fourth-order valence-electron chi connectivity index (χ4n) is 2.54. The molecule has 2 unspecified atom stereocenters. The average molecular weight is 222 g/mol. The number of fused-ring (bicyclic) bond motifs is 1. The van der Waals surface area contributed by atoms with Crippen molar-refractivity contribution in [2.75, 3.05) is 26.2 Å². The maximum Gasteiger partial charge on any atom is 0.0974 e. The van der Waals surface area contributed by atoms with E-state index >= 15 is 0 Å². The Morgan fingerprint density at radius 1 is 1.56 bits per heavy atom. The topological polar surface area (TPSA) is 39.7 Å². The number of nitrogens with zero attached hydrogens (tertiary/aromatic N) is 2. The van der Waals surface area contributed by atoms with E-state index in [9.17, 15) is 0 Å². The van der Waals surface area contributed by atoms with Crippen LogP contribution in [0, 0.1) is 0 Å². The highest BCUT2D eigenvalue weighted by molar-refractivity contribution is 5.80. The van der Waals surface area contributed by atoms with Crippen LogP contribution in [0.15, 0.2) is 17.3 Å². The molecule has 4 nitrogen and oxygen atoms in total. The summed E-state index contributed by atoms with van der Waals surface area (Å²) in [6.45, 7) is 8.60. The van der Waals surface area contributed by atoms with E-state index in [0.29, 0.717) is 12.1 Å². The highest BCUT2D eigenvalue weighted by Gasteiger charge is 2.33. The van der Waals surface area contributed by atoms with E-state index in [1.54, 1.807) is 0 Å². The standard InChI is InChI=1S/C12H22N4/c1-3-4-14-10(2)15-11-7-12-8-13-5-6-16(12)9-11/h3-4,11-13H,5-9H2,1-2H3,(H,14,15)/b4-3-. The number of aliphatic imine (C=N–C) groups is 1. The predicted molar refractivity (Wildman–Crippen MR) is 67.7 cm³/mol. The minimum atomic E-state index is 0.475. The molecule has 0 aromatic carbocycles. The van der Waals surface area contributed by atoms with Gasteiger partial charge in [-0.3, -0.25) is 9.89 Å². The lowest BCUT2D eigenvalue weighted by molar-refractivity contribution is 0.212. The molecule has 2 aliphatic heterocycles. The molecular formula is C12H22N4. The van der Waals surface area contributed by atoms with Crippen LogP contribution >= 0.6 is 0 Å². The summed E-state index contributed by atoms with van der Waals surface area (Å²) in [4.78, 5) is 7.29. The van der Waals surface area contributed by atoms with Crippen LogP contribution in [0.3, 0.4) is 0 Å². The minimum Gasteiger partial charge on any atom is -0.351 e. The van der Waals surface area contributed by atoms with Crippen molar-refractivity contribution in [1.82, 2.24) is 15.5 Å². The highest BCUT2D eigenvalue weighted by Crippen LogP contribution is 2.21. The number of hydrogen-bond acceptors (Lipinski definition) is 3. The van der Waals surface area contributed by atoms with Crippen LogP contribution in [-0.4, -0.2) is 49.0 Å². The minimum absolute atomic E-state index is 0.475. The first kappa shape index (κ1) is 11.6. The maximum atomic E-state index is 4.72. The van der Waals surface area contributed by atoms with Gasteiger partial charge in [0.05, 0.1) is 11.9 Å². The molecule has 2 saturated heterocycles. The van der Waals surface area contributed by atoms with Gasteiger partial charge in [0, 0.05) is 32.2 Å². The van der Waals surface area contributed by atoms with Crippen molar-refractivity contribution in [3.63, 3.8) is 0 Å². The van der Waals surface area contributed by atoms with Gasteiger partial charge < -0.3 is 10.6 Å². The first-order chi connectivity index (χ1) is 7.79. The lowest BCUT2D eigenvalue weighted by Gasteiger charge is -2.29. The summed E-state index contributed by atoms with van der Waals surface area (Å²) >= 11 is 0. The number of rotatable bonds is 2. The number of hydrogen-bond donors (Lipinski definition) is 2. The van der Waals surface area contributed by atoms with Gasteiger partial charge in [0.15, 0.2) is 0 Å². The van der Waals surface area contributed by atoms with Gasteiger partial charge in [-0.05, 0) is 26.5 Å². The Balaban J connectivity index is 1.87.